The first-order chi connectivity index (χ1) is 23.0. The minimum absolute atomic E-state index is 0.00741. The molecule has 1 amide bonds. The highest BCUT2D eigenvalue weighted by Crippen LogP contribution is 2.47. The summed E-state index contributed by atoms with van der Waals surface area (Å²) in [6.07, 6.45) is 3.76. The Hall–Kier alpha value is -5.77. The zero-order valence-corrected chi connectivity index (χ0v) is 28.0. The number of phenols is 1. The number of esters is 2. The minimum atomic E-state index is -0.656. The van der Waals surface area contributed by atoms with Gasteiger partial charge in [-0.05, 0) is 74.0 Å². The molecule has 1 heterocycles. The lowest BCUT2D eigenvalue weighted by Crippen LogP contribution is -2.30. The molecule has 0 fully saturated rings. The number of anilines is 5. The molecule has 0 aliphatic carbocycles. The minimum Gasteiger partial charge on any atom is -0.508 e. The maximum atomic E-state index is 14.3. The van der Waals surface area contributed by atoms with Crippen LogP contribution in [0, 0.1) is 0 Å². The number of nitrogens with one attached hydrogen (secondary N) is 1. The molecule has 10 heteroatoms. The van der Waals surface area contributed by atoms with Gasteiger partial charge in [0.05, 0.1) is 28.1 Å². The molecule has 10 nitrogen and oxygen atoms in total. The maximum Gasteiger partial charge on any atom is 0.343 e. The third kappa shape index (κ3) is 7.28. The van der Waals surface area contributed by atoms with Gasteiger partial charge in [-0.1, -0.05) is 31.1 Å². The lowest BCUT2D eigenvalue weighted by atomic mass is 10.1. The predicted molar refractivity (Wildman–Crippen MR) is 190 cm³/mol. The molecule has 0 spiro atoms. The van der Waals surface area contributed by atoms with Crippen LogP contribution in [0.5, 0.6) is 17.2 Å². The number of rotatable bonds is 10. The van der Waals surface area contributed by atoms with Crippen molar-refractivity contribution in [3.63, 3.8) is 0 Å². The summed E-state index contributed by atoms with van der Waals surface area (Å²) >= 11 is 0. The molecular formula is C38H40N4O6. The number of para-hydroxylation sites is 1. The average Bonchev–Trinajstić information content (AvgIpc) is 3.18. The van der Waals surface area contributed by atoms with Gasteiger partial charge in [-0.3, -0.25) is 4.79 Å². The number of nitrogens with zero attached hydrogens (tertiary/aromatic N) is 3. The zero-order valence-electron chi connectivity index (χ0n) is 28.0. The van der Waals surface area contributed by atoms with E-state index in [9.17, 15) is 19.5 Å². The Morgan fingerprint density at radius 1 is 0.812 bits per heavy atom. The van der Waals surface area contributed by atoms with Gasteiger partial charge in [0, 0.05) is 58.2 Å². The maximum absolute atomic E-state index is 14.3. The van der Waals surface area contributed by atoms with E-state index in [1.165, 1.54) is 17.0 Å². The lowest BCUT2D eigenvalue weighted by Gasteiger charge is -2.23. The van der Waals surface area contributed by atoms with Crippen LogP contribution in [-0.2, 0) is 0 Å². The Morgan fingerprint density at radius 2 is 1.38 bits per heavy atom. The molecule has 0 radical (unpaired) electrons. The van der Waals surface area contributed by atoms with Crippen LogP contribution in [0.2, 0.25) is 0 Å². The number of allylic oxidation sites excluding steroid dienone is 1. The highest BCUT2D eigenvalue weighted by atomic mass is 16.5. The van der Waals surface area contributed by atoms with Crippen molar-refractivity contribution in [2.75, 3.05) is 54.8 Å². The first-order valence-electron chi connectivity index (χ1n) is 15.7. The summed E-state index contributed by atoms with van der Waals surface area (Å²) in [5, 5.41) is 14.1. The van der Waals surface area contributed by atoms with E-state index < -0.39 is 17.8 Å². The Balaban J connectivity index is 1.58. The van der Waals surface area contributed by atoms with Gasteiger partial charge in [-0.15, -0.1) is 0 Å². The number of ether oxygens (including phenoxy) is 2. The Bertz CT molecular complexity index is 1860. The van der Waals surface area contributed by atoms with Gasteiger partial charge in [0.15, 0.2) is 11.5 Å². The second kappa shape index (κ2) is 14.3. The summed E-state index contributed by atoms with van der Waals surface area (Å²) in [6, 6.07) is 21.5. The van der Waals surface area contributed by atoms with Crippen molar-refractivity contribution in [1.82, 2.24) is 0 Å². The predicted octanol–water partition coefficient (Wildman–Crippen LogP) is 7.41. The Labute approximate surface area is 280 Å². The molecule has 1 aliphatic heterocycles. The van der Waals surface area contributed by atoms with E-state index in [1.54, 1.807) is 54.6 Å². The quantitative estimate of drug-likeness (QED) is 0.0786. The molecule has 5 rings (SSSR count). The first-order valence-corrected chi connectivity index (χ1v) is 15.7. The van der Waals surface area contributed by atoms with E-state index in [1.807, 2.05) is 63.1 Å². The van der Waals surface area contributed by atoms with Crippen LogP contribution in [0.1, 0.15) is 57.8 Å². The van der Waals surface area contributed by atoms with Crippen LogP contribution < -0.4 is 29.5 Å². The number of phenolic OH excluding ortho intramolecular Hbond substituents is 1. The van der Waals surface area contributed by atoms with Gasteiger partial charge < -0.3 is 34.6 Å². The third-order valence-electron chi connectivity index (χ3n) is 8.02. The third-order valence-corrected chi connectivity index (χ3v) is 8.02. The van der Waals surface area contributed by atoms with E-state index in [2.05, 4.69) is 12.2 Å². The number of hydrogen-bond acceptors (Lipinski definition) is 9. The Morgan fingerprint density at radius 3 is 1.92 bits per heavy atom. The summed E-state index contributed by atoms with van der Waals surface area (Å²) in [5.74, 6) is -1.76. The van der Waals surface area contributed by atoms with E-state index in [4.69, 9.17) is 9.47 Å². The molecule has 248 valence electrons. The molecule has 0 unspecified atom stereocenters. The van der Waals surface area contributed by atoms with Crippen molar-refractivity contribution < 1.29 is 29.0 Å². The molecule has 0 saturated carbocycles. The van der Waals surface area contributed by atoms with Crippen LogP contribution in [0.3, 0.4) is 0 Å². The number of amides is 1. The number of carbonyl (C=O) groups is 3. The summed E-state index contributed by atoms with van der Waals surface area (Å²) < 4.78 is 11.7. The number of carbonyl (C=O) groups excluding carboxylic acids is 3. The molecule has 1 aliphatic rings. The van der Waals surface area contributed by atoms with Crippen LogP contribution in [-0.4, -0.2) is 57.7 Å². The SMILES string of the molecule is CCC/C(C)=C/CN1C(=O)c2cccc(OC(=O)c3ccc(N(C)C)cc3)c2Nc2c(OC(=O)c3ccc(N(C)C)cc3)cc(O)cc21. The summed E-state index contributed by atoms with van der Waals surface area (Å²) in [6.45, 7) is 4.26. The second-order valence-electron chi connectivity index (χ2n) is 12.0. The molecular weight excluding hydrogens is 608 g/mol. The van der Waals surface area contributed by atoms with Crippen LogP contribution in [0.15, 0.2) is 90.5 Å². The van der Waals surface area contributed by atoms with Crippen LogP contribution >= 0.6 is 0 Å². The lowest BCUT2D eigenvalue weighted by molar-refractivity contribution is 0.0727. The highest BCUT2D eigenvalue weighted by molar-refractivity contribution is 6.15. The van der Waals surface area contributed by atoms with Crippen molar-refractivity contribution in [1.29, 1.82) is 0 Å². The first kappa shape index (κ1) is 33.6. The van der Waals surface area contributed by atoms with Gasteiger partial charge in [-0.2, -0.15) is 0 Å². The van der Waals surface area contributed by atoms with Crippen molar-refractivity contribution >= 4 is 46.3 Å². The smallest absolute Gasteiger partial charge is 0.343 e. The molecule has 0 saturated heterocycles. The van der Waals surface area contributed by atoms with Crippen molar-refractivity contribution in [2.45, 2.75) is 26.7 Å². The van der Waals surface area contributed by atoms with Crippen molar-refractivity contribution in [3.8, 4) is 17.2 Å². The van der Waals surface area contributed by atoms with Gasteiger partial charge >= 0.3 is 11.9 Å². The largest absolute Gasteiger partial charge is 0.508 e. The zero-order chi connectivity index (χ0) is 34.5. The molecule has 0 aromatic heterocycles. The van der Waals surface area contributed by atoms with Crippen LogP contribution in [0.25, 0.3) is 0 Å². The van der Waals surface area contributed by atoms with Gasteiger partial charge in [0.2, 0.25) is 0 Å². The number of benzene rings is 4. The molecule has 2 N–H and O–H groups in total. The fraction of sp³-hybridized carbons (Fsp3) is 0.237. The van der Waals surface area contributed by atoms with E-state index in [0.29, 0.717) is 16.8 Å². The molecule has 4 aromatic rings. The van der Waals surface area contributed by atoms with Crippen molar-refractivity contribution in [3.05, 3.63) is 107 Å². The van der Waals surface area contributed by atoms with Crippen LogP contribution in [0.4, 0.5) is 28.4 Å². The van der Waals surface area contributed by atoms with Gasteiger partial charge in [0.1, 0.15) is 11.4 Å². The number of fused-ring (bicyclic) bond motifs is 2. The molecule has 0 atom stereocenters. The summed E-state index contributed by atoms with van der Waals surface area (Å²) in [5.41, 5.74) is 4.55. The molecule has 48 heavy (non-hydrogen) atoms. The van der Waals surface area contributed by atoms with Gasteiger partial charge in [-0.25, -0.2) is 9.59 Å². The standard InChI is InChI=1S/C38H40N4O6/c1-7-9-24(2)20-21-42-31-22-29(43)23-33(48-38(46)26-14-18-28(19-15-26)41(5)6)35(31)39-34-30(36(42)44)10-8-11-32(34)47-37(45)25-12-16-27(17-13-25)40(3)4/h8,10-20,22-23,39,43H,7,9,21H2,1-6H3/b24-20+. The van der Waals surface area contributed by atoms with E-state index in [-0.39, 0.29) is 40.7 Å². The fourth-order valence-corrected chi connectivity index (χ4v) is 5.34. The second-order valence-corrected chi connectivity index (χ2v) is 12.0. The monoisotopic (exact) mass is 648 g/mol. The van der Waals surface area contributed by atoms with E-state index in [0.717, 1.165) is 29.8 Å². The molecule has 4 aromatic carbocycles. The van der Waals surface area contributed by atoms with E-state index >= 15 is 0 Å². The fourth-order valence-electron chi connectivity index (χ4n) is 5.34. The van der Waals surface area contributed by atoms with Gasteiger partial charge in [0.25, 0.3) is 5.91 Å². The summed E-state index contributed by atoms with van der Waals surface area (Å²) in [7, 11) is 7.61. The Kier molecular flexibility index (Phi) is 10.0. The highest BCUT2D eigenvalue weighted by Gasteiger charge is 2.32. The number of hydrogen-bond donors (Lipinski definition) is 2. The normalized spacial score (nSPS) is 12.3. The summed E-state index contributed by atoms with van der Waals surface area (Å²) in [4.78, 5) is 46.3. The molecule has 0 bridgehead atoms. The average molecular weight is 649 g/mol. The number of aromatic hydroxyl groups is 1. The van der Waals surface area contributed by atoms with Crippen molar-refractivity contribution in [2.24, 2.45) is 0 Å². The topological polar surface area (TPSA) is 112 Å².